The van der Waals surface area contributed by atoms with E-state index in [2.05, 4.69) is 4.98 Å². The molecule has 1 aromatic heterocycles. The Labute approximate surface area is 147 Å². The number of halogens is 2. The van der Waals surface area contributed by atoms with Crippen molar-refractivity contribution in [3.05, 3.63) is 46.4 Å². The third kappa shape index (κ3) is 2.85. The predicted molar refractivity (Wildman–Crippen MR) is 96.7 cm³/mol. The molecule has 0 radical (unpaired) electrons. The molecule has 0 amide bonds. The lowest BCUT2D eigenvalue weighted by Crippen LogP contribution is -2.41. The van der Waals surface area contributed by atoms with Gasteiger partial charge in [-0.25, -0.2) is 4.39 Å². The number of hydrogen-bond donors (Lipinski definition) is 0. The van der Waals surface area contributed by atoms with Gasteiger partial charge in [0.25, 0.3) is 0 Å². The van der Waals surface area contributed by atoms with Crippen LogP contribution in [-0.4, -0.2) is 23.3 Å². The molecule has 2 heterocycles. The lowest BCUT2D eigenvalue weighted by molar-refractivity contribution is 0.00578. The van der Waals surface area contributed by atoms with E-state index in [9.17, 15) is 4.39 Å². The molecule has 0 spiro atoms. The maximum Gasteiger partial charge on any atom is 0.525 e. The molecule has 1 saturated heterocycles. The van der Waals surface area contributed by atoms with E-state index in [-0.39, 0.29) is 0 Å². The smallest absolute Gasteiger partial charge is 0.398 e. The molecule has 6 heteroatoms. The number of nitrogens with zero attached hydrogens (tertiary/aromatic N) is 1. The number of pyridine rings is 1. The number of aromatic nitrogens is 1. The Kier molecular flexibility index (Phi) is 4.23. The van der Waals surface area contributed by atoms with Gasteiger partial charge in [-0.05, 0) is 40.7 Å². The van der Waals surface area contributed by atoms with Crippen LogP contribution in [0.15, 0.2) is 30.0 Å². The van der Waals surface area contributed by atoms with Crippen molar-refractivity contribution in [2.75, 3.05) is 0 Å². The van der Waals surface area contributed by atoms with Crippen LogP contribution in [0.1, 0.15) is 39.1 Å². The zero-order chi connectivity index (χ0) is 17.7. The van der Waals surface area contributed by atoms with Crippen molar-refractivity contribution in [2.24, 2.45) is 0 Å². The molecule has 3 nitrogen and oxygen atoms in total. The minimum Gasteiger partial charge on any atom is -0.398 e. The van der Waals surface area contributed by atoms with Gasteiger partial charge in [-0.3, -0.25) is 4.98 Å². The first-order chi connectivity index (χ1) is 11.1. The standard InChI is InChI=1S/C18H20BClFNO2/c1-11-16(20)13-9-7-6-8-12(13)14(22-11)10-15(21)19-23-17(2,3)18(4,5)24-19/h6-10H,1-5H3. The minimum atomic E-state index is -1.04. The zero-order valence-electron chi connectivity index (χ0n) is 14.5. The molecular formula is C18H20BClFNO2. The number of hydrogen-bond acceptors (Lipinski definition) is 3. The van der Waals surface area contributed by atoms with Crippen LogP contribution in [0.25, 0.3) is 16.8 Å². The van der Waals surface area contributed by atoms with Crippen LogP contribution < -0.4 is 0 Å². The molecule has 0 bridgehead atoms. The van der Waals surface area contributed by atoms with Crippen LogP contribution in [0.4, 0.5) is 4.39 Å². The summed E-state index contributed by atoms with van der Waals surface area (Å²) in [6.07, 6.45) is 1.37. The highest BCUT2D eigenvalue weighted by molar-refractivity contribution is 6.54. The summed E-state index contributed by atoms with van der Waals surface area (Å²) in [4.78, 5) is 4.43. The van der Waals surface area contributed by atoms with E-state index in [0.29, 0.717) is 16.4 Å². The summed E-state index contributed by atoms with van der Waals surface area (Å²) in [6, 6.07) is 7.54. The molecule has 1 aliphatic heterocycles. The van der Waals surface area contributed by atoms with Crippen LogP contribution in [-0.2, 0) is 9.31 Å². The number of aryl methyl sites for hydroxylation is 1. The Balaban J connectivity index is 2.04. The van der Waals surface area contributed by atoms with Gasteiger partial charge in [-0.2, -0.15) is 0 Å². The van der Waals surface area contributed by atoms with Crippen LogP contribution in [0.2, 0.25) is 5.02 Å². The van der Waals surface area contributed by atoms with Crippen molar-refractivity contribution in [2.45, 2.75) is 45.8 Å². The summed E-state index contributed by atoms with van der Waals surface area (Å²) < 4.78 is 26.3. The molecule has 0 atom stereocenters. The van der Waals surface area contributed by atoms with E-state index in [1.54, 1.807) is 6.92 Å². The average molecular weight is 348 g/mol. The molecule has 24 heavy (non-hydrogen) atoms. The topological polar surface area (TPSA) is 31.4 Å². The summed E-state index contributed by atoms with van der Waals surface area (Å²) >= 11 is 6.31. The molecule has 0 aliphatic carbocycles. The van der Waals surface area contributed by atoms with Gasteiger partial charge in [0.05, 0.1) is 27.6 Å². The largest absolute Gasteiger partial charge is 0.525 e. The van der Waals surface area contributed by atoms with E-state index in [1.807, 2.05) is 52.0 Å². The monoisotopic (exact) mass is 347 g/mol. The maximum absolute atomic E-state index is 14.8. The lowest BCUT2D eigenvalue weighted by atomic mass is 9.87. The summed E-state index contributed by atoms with van der Waals surface area (Å²) in [5.74, 6) is 0. The normalized spacial score (nSPS) is 20.0. The Bertz CT molecular complexity index is 819. The van der Waals surface area contributed by atoms with Crippen molar-refractivity contribution >= 4 is 35.6 Å². The molecule has 0 saturated carbocycles. The van der Waals surface area contributed by atoms with Gasteiger partial charge >= 0.3 is 7.12 Å². The van der Waals surface area contributed by atoms with Crippen molar-refractivity contribution in [3.63, 3.8) is 0 Å². The second-order valence-corrected chi connectivity index (χ2v) is 7.44. The number of rotatable bonds is 2. The predicted octanol–water partition coefficient (Wildman–Crippen LogP) is 5.14. The molecule has 3 rings (SSSR count). The third-order valence-electron chi connectivity index (χ3n) is 4.80. The molecule has 1 aromatic carbocycles. The van der Waals surface area contributed by atoms with Crippen LogP contribution in [0.3, 0.4) is 0 Å². The van der Waals surface area contributed by atoms with Gasteiger partial charge in [0.15, 0.2) is 0 Å². The summed E-state index contributed by atoms with van der Waals surface area (Å²) in [5, 5.41) is 2.22. The van der Waals surface area contributed by atoms with Gasteiger partial charge in [0, 0.05) is 10.8 Å². The van der Waals surface area contributed by atoms with E-state index in [0.717, 1.165) is 10.8 Å². The Morgan fingerprint density at radius 3 is 2.25 bits per heavy atom. The quantitative estimate of drug-likeness (QED) is 0.705. The van der Waals surface area contributed by atoms with Crippen molar-refractivity contribution in [3.8, 4) is 0 Å². The van der Waals surface area contributed by atoms with Gasteiger partial charge in [0.1, 0.15) is 5.73 Å². The van der Waals surface area contributed by atoms with E-state index in [1.165, 1.54) is 6.08 Å². The molecule has 1 aliphatic rings. The second kappa shape index (κ2) is 5.83. The van der Waals surface area contributed by atoms with E-state index in [4.69, 9.17) is 20.9 Å². The van der Waals surface area contributed by atoms with Crippen LogP contribution >= 0.6 is 11.6 Å². The highest BCUT2D eigenvalue weighted by Gasteiger charge is 2.53. The fourth-order valence-electron chi connectivity index (χ4n) is 2.65. The highest BCUT2D eigenvalue weighted by atomic mass is 35.5. The number of benzene rings is 1. The Morgan fingerprint density at radius 1 is 1.12 bits per heavy atom. The SMILES string of the molecule is Cc1nc(C=C(F)B2OC(C)(C)C(C)(C)O2)c2ccccc2c1Cl. The molecule has 0 unspecified atom stereocenters. The molecular weight excluding hydrogens is 327 g/mol. The molecule has 2 aromatic rings. The van der Waals surface area contributed by atoms with Crippen LogP contribution in [0, 0.1) is 6.92 Å². The third-order valence-corrected chi connectivity index (χ3v) is 5.28. The van der Waals surface area contributed by atoms with Crippen molar-refractivity contribution in [1.29, 1.82) is 0 Å². The highest BCUT2D eigenvalue weighted by Crippen LogP contribution is 2.39. The fourth-order valence-corrected chi connectivity index (χ4v) is 2.85. The Morgan fingerprint density at radius 2 is 1.67 bits per heavy atom. The van der Waals surface area contributed by atoms with E-state index >= 15 is 0 Å². The minimum absolute atomic E-state index is 0.506. The fraction of sp³-hybridized carbons (Fsp3) is 0.389. The first-order valence-corrected chi connectivity index (χ1v) is 8.28. The van der Waals surface area contributed by atoms with Gasteiger partial charge in [-0.1, -0.05) is 35.9 Å². The van der Waals surface area contributed by atoms with Crippen molar-refractivity contribution in [1.82, 2.24) is 4.98 Å². The van der Waals surface area contributed by atoms with Gasteiger partial charge in [-0.15, -0.1) is 0 Å². The molecule has 1 fully saturated rings. The second-order valence-electron chi connectivity index (χ2n) is 7.06. The van der Waals surface area contributed by atoms with Gasteiger partial charge < -0.3 is 9.31 Å². The zero-order valence-corrected chi connectivity index (χ0v) is 15.2. The Hall–Kier alpha value is -1.43. The first-order valence-electron chi connectivity index (χ1n) is 7.90. The first kappa shape index (κ1) is 17.4. The summed E-state index contributed by atoms with van der Waals surface area (Å²) in [7, 11) is -1.04. The molecule has 126 valence electrons. The van der Waals surface area contributed by atoms with Gasteiger partial charge in [0.2, 0.25) is 0 Å². The van der Waals surface area contributed by atoms with Crippen LogP contribution in [0.5, 0.6) is 0 Å². The lowest BCUT2D eigenvalue weighted by Gasteiger charge is -2.32. The summed E-state index contributed by atoms with van der Waals surface area (Å²) in [6.45, 7) is 9.36. The number of fused-ring (bicyclic) bond motifs is 1. The van der Waals surface area contributed by atoms with Crippen molar-refractivity contribution < 1.29 is 13.7 Å². The average Bonchev–Trinajstić information content (AvgIpc) is 2.73. The summed E-state index contributed by atoms with van der Waals surface area (Å²) in [5.41, 5.74) is -0.515. The molecule has 0 N–H and O–H groups in total. The van der Waals surface area contributed by atoms with E-state index < -0.39 is 24.0 Å². The maximum atomic E-state index is 14.8.